The second-order valence-electron chi connectivity index (χ2n) is 8.83. The molecule has 6 heteroatoms. The molecule has 0 N–H and O–H groups in total. The van der Waals surface area contributed by atoms with Gasteiger partial charge in [0.05, 0.1) is 0 Å². The zero-order valence-corrected chi connectivity index (χ0v) is 21.7. The van der Waals surface area contributed by atoms with Crippen LogP contribution in [0.4, 0.5) is 0 Å². The first-order valence-electron chi connectivity index (χ1n) is 6.51. The van der Waals surface area contributed by atoms with E-state index in [1.807, 2.05) is 0 Å². The molecule has 0 aliphatic heterocycles. The Balaban J connectivity index is -0.00000112. The second-order valence-corrected chi connectivity index (χ2v) is 40.2. The van der Waals surface area contributed by atoms with Crippen molar-refractivity contribution in [1.29, 1.82) is 0 Å². The molecule has 0 aromatic carbocycles. The van der Waals surface area contributed by atoms with Gasteiger partial charge in [-0.1, -0.05) is 0 Å². The van der Waals surface area contributed by atoms with Crippen molar-refractivity contribution >= 4 is 49.0 Å². The van der Waals surface area contributed by atoms with Crippen LogP contribution < -0.4 is 0 Å². The molecule has 0 heterocycles. The van der Waals surface area contributed by atoms with Crippen LogP contribution in [-0.4, -0.2) is 24.2 Å². The molecule has 0 aliphatic rings. The molecule has 0 saturated carbocycles. The van der Waals surface area contributed by atoms with E-state index in [9.17, 15) is 0 Å². The van der Waals surface area contributed by atoms with Crippen molar-refractivity contribution < 1.29 is 18.4 Å². The van der Waals surface area contributed by atoms with Crippen LogP contribution >= 0.6 is 24.8 Å². The van der Waals surface area contributed by atoms with Crippen molar-refractivity contribution in [2.45, 2.75) is 71.7 Å². The van der Waals surface area contributed by atoms with Crippen LogP contribution in [0.1, 0.15) is 0 Å². The topological polar surface area (TPSA) is 0 Å². The third-order valence-electron chi connectivity index (χ3n) is 2.09. The molecule has 0 saturated heterocycles. The van der Waals surface area contributed by atoms with Gasteiger partial charge in [-0.3, -0.25) is 0 Å². The molecule has 18 heavy (non-hydrogen) atoms. The van der Waals surface area contributed by atoms with E-state index in [0.29, 0.717) is 0 Å². The van der Waals surface area contributed by atoms with E-state index >= 15 is 0 Å². The first kappa shape index (κ1) is 25.0. The molecule has 114 valence electrons. The third-order valence-corrected chi connectivity index (χ3v) is 51.4. The maximum Gasteiger partial charge on any atom is -0.147 e. The van der Waals surface area contributed by atoms with Gasteiger partial charge in [-0.25, -0.2) is 0 Å². The van der Waals surface area contributed by atoms with Crippen LogP contribution in [0.15, 0.2) is 0 Å². The van der Waals surface area contributed by atoms with Crippen LogP contribution in [0.2, 0.25) is 71.7 Å². The SMILES string of the molecule is C[Si](C)(C)[CH2][Ta]([CH2][Si](C)(C)C)[CH2][Si](C)(C)C.Cl.Cl. The smallest absolute Gasteiger partial charge is 0.147 e. The van der Waals surface area contributed by atoms with Crippen molar-refractivity contribution in [3.05, 3.63) is 0 Å². The molecule has 0 spiro atoms. The molecule has 0 unspecified atom stereocenters. The molecule has 0 aromatic heterocycles. The maximum atomic E-state index is 2.59. The van der Waals surface area contributed by atoms with Gasteiger partial charge in [0.1, 0.15) is 0 Å². The number of halogens is 2. The quantitative estimate of drug-likeness (QED) is 0.363. The van der Waals surface area contributed by atoms with Gasteiger partial charge in [-0.2, -0.15) is 0 Å². The van der Waals surface area contributed by atoms with Crippen LogP contribution in [0.3, 0.4) is 0 Å². The maximum absolute atomic E-state index is 2.59. The van der Waals surface area contributed by atoms with Crippen LogP contribution in [-0.2, 0) is 18.4 Å². The number of hydrogen-bond acceptors (Lipinski definition) is 0. The first-order chi connectivity index (χ1) is 6.79. The number of rotatable bonds is 6. The zero-order chi connectivity index (χ0) is 13.2. The molecule has 0 aromatic rings. The fourth-order valence-corrected chi connectivity index (χ4v) is 61.8. The molecule has 0 atom stereocenters. The Hall–Kier alpha value is 1.97. The molecule has 0 radical (unpaired) electrons. The van der Waals surface area contributed by atoms with Gasteiger partial charge < -0.3 is 0 Å². The van der Waals surface area contributed by atoms with Crippen molar-refractivity contribution in [3.8, 4) is 0 Å². The molecule has 0 rings (SSSR count). The van der Waals surface area contributed by atoms with Crippen molar-refractivity contribution in [2.75, 3.05) is 0 Å². The predicted molar refractivity (Wildman–Crippen MR) is 99.0 cm³/mol. The van der Waals surface area contributed by atoms with Gasteiger partial charge >= 0.3 is 114 Å². The van der Waals surface area contributed by atoms with Gasteiger partial charge in [-0.15, -0.1) is 24.8 Å². The summed E-state index contributed by atoms with van der Waals surface area (Å²) >= 11 is -1.11. The van der Waals surface area contributed by atoms with Crippen LogP contribution in [0.25, 0.3) is 0 Å². The summed E-state index contributed by atoms with van der Waals surface area (Å²) in [5.74, 6) is 0. The Morgan fingerprint density at radius 1 is 0.500 bits per heavy atom. The van der Waals surface area contributed by atoms with E-state index in [4.69, 9.17) is 0 Å². The van der Waals surface area contributed by atoms with Crippen molar-refractivity contribution in [3.63, 3.8) is 0 Å². The minimum absolute atomic E-state index is 0. The Morgan fingerprint density at radius 2 is 0.667 bits per heavy atom. The summed E-state index contributed by atoms with van der Waals surface area (Å²) in [6.07, 6.45) is 0. The van der Waals surface area contributed by atoms with E-state index < -0.39 is 42.7 Å². The van der Waals surface area contributed by atoms with Crippen LogP contribution in [0, 0.1) is 0 Å². The molecule has 0 bridgehead atoms. The Labute approximate surface area is 138 Å². The molecular weight excluding hydrogens is 480 g/mol. The van der Waals surface area contributed by atoms with E-state index in [0.717, 1.165) is 0 Å². The van der Waals surface area contributed by atoms with E-state index in [1.54, 1.807) is 12.8 Å². The molecule has 0 amide bonds. The summed E-state index contributed by atoms with van der Waals surface area (Å²) in [7, 11) is -2.35. The molecule has 0 aliphatic carbocycles. The van der Waals surface area contributed by atoms with Gasteiger partial charge in [0.15, 0.2) is 0 Å². The van der Waals surface area contributed by atoms with E-state index in [1.165, 1.54) is 0 Å². The normalized spacial score (nSPS) is 13.0. The van der Waals surface area contributed by atoms with Crippen molar-refractivity contribution in [2.24, 2.45) is 0 Å². The van der Waals surface area contributed by atoms with Crippen molar-refractivity contribution in [1.82, 2.24) is 0 Å². The average Bonchev–Trinajstić information content (AvgIpc) is 1.70. The second kappa shape index (κ2) is 9.08. The van der Waals surface area contributed by atoms with Gasteiger partial charge in [0.25, 0.3) is 0 Å². The van der Waals surface area contributed by atoms with Gasteiger partial charge in [0, 0.05) is 0 Å². The Kier molecular flexibility index (Phi) is 12.6. The minimum Gasteiger partial charge on any atom is -0.147 e. The number of hydrogen-bond donors (Lipinski definition) is 0. The monoisotopic (exact) mass is 514 g/mol. The zero-order valence-electron chi connectivity index (χ0n) is 13.9. The largest absolute Gasteiger partial charge is 0.147 e. The predicted octanol–water partition coefficient (Wildman–Crippen LogP) is 6.34. The first-order valence-corrected chi connectivity index (χ1v) is 24.4. The Morgan fingerprint density at radius 3 is 0.778 bits per heavy atom. The molecule has 0 nitrogen and oxygen atoms in total. The molecule has 0 fully saturated rings. The summed E-state index contributed by atoms with van der Waals surface area (Å²) in [5, 5.41) is 0. The van der Waals surface area contributed by atoms with Crippen LogP contribution in [0.5, 0.6) is 0 Å². The summed E-state index contributed by atoms with van der Waals surface area (Å²) in [4.78, 5) is 0. The average molecular weight is 516 g/mol. The standard InChI is InChI=1S/3C4H11Si.2ClH.Ta/c3*1-5(2,3)4;;;/h3*1H2,2-4H3;2*1H;. The van der Waals surface area contributed by atoms with Gasteiger partial charge in [-0.05, 0) is 0 Å². The summed E-state index contributed by atoms with van der Waals surface area (Å²) < 4.78 is 5.28. The minimum atomic E-state index is -1.11. The molecular formula is C12H35Cl2Si3Ta. The van der Waals surface area contributed by atoms with E-state index in [2.05, 4.69) is 58.9 Å². The Bertz CT molecular complexity index is 179. The van der Waals surface area contributed by atoms with E-state index in [-0.39, 0.29) is 24.8 Å². The summed E-state index contributed by atoms with van der Waals surface area (Å²) in [6, 6.07) is 0. The summed E-state index contributed by atoms with van der Waals surface area (Å²) in [5.41, 5.74) is 0. The van der Waals surface area contributed by atoms with Gasteiger partial charge in [0.2, 0.25) is 0 Å². The fraction of sp³-hybridized carbons (Fsp3) is 1.00. The third kappa shape index (κ3) is 18.0. The fourth-order valence-electron chi connectivity index (χ4n) is 2.18. The summed E-state index contributed by atoms with van der Waals surface area (Å²) in [6.45, 7) is 23.3.